The molecular weight excluding hydrogens is 231 g/mol. The van der Waals surface area contributed by atoms with Gasteiger partial charge in [-0.3, -0.25) is 0 Å². The molecule has 2 rings (SSSR count). The lowest BCUT2D eigenvalue weighted by atomic mass is 10.1. The third kappa shape index (κ3) is 2.87. The number of anilines is 1. The summed E-state index contributed by atoms with van der Waals surface area (Å²) in [7, 11) is 0. The lowest BCUT2D eigenvalue weighted by Gasteiger charge is -2.17. The van der Waals surface area contributed by atoms with Crippen molar-refractivity contribution in [3.05, 3.63) is 18.0 Å². The Bertz CT molecular complexity index is 392. The van der Waals surface area contributed by atoms with Gasteiger partial charge in [-0.05, 0) is 24.8 Å². The van der Waals surface area contributed by atoms with Gasteiger partial charge in [0.15, 0.2) is 0 Å². The van der Waals surface area contributed by atoms with Crippen LogP contribution in [-0.4, -0.2) is 16.0 Å². The van der Waals surface area contributed by atoms with Gasteiger partial charge in [-0.2, -0.15) is 13.2 Å². The second-order valence-electron chi connectivity index (χ2n) is 4.42. The monoisotopic (exact) mass is 245 g/mol. The van der Waals surface area contributed by atoms with Crippen LogP contribution in [0.25, 0.3) is 0 Å². The number of rotatable bonds is 2. The SMILES string of the molecule is C[C@H]1CCC[C@@H]1Nc1nccc(C(F)(F)F)n1. The van der Waals surface area contributed by atoms with Gasteiger partial charge in [0.2, 0.25) is 5.95 Å². The molecule has 0 unspecified atom stereocenters. The Morgan fingerprint density at radius 1 is 1.35 bits per heavy atom. The fourth-order valence-electron chi connectivity index (χ4n) is 2.11. The molecule has 1 saturated carbocycles. The van der Waals surface area contributed by atoms with Crippen LogP contribution in [0.15, 0.2) is 12.3 Å². The molecule has 0 radical (unpaired) electrons. The third-order valence-corrected chi connectivity index (χ3v) is 3.12. The molecule has 0 aliphatic heterocycles. The van der Waals surface area contributed by atoms with Gasteiger partial charge < -0.3 is 5.32 Å². The molecular formula is C11H14F3N3. The summed E-state index contributed by atoms with van der Waals surface area (Å²) >= 11 is 0. The molecule has 1 aromatic heterocycles. The molecule has 1 N–H and O–H groups in total. The van der Waals surface area contributed by atoms with Gasteiger partial charge in [0.25, 0.3) is 0 Å². The molecule has 6 heteroatoms. The third-order valence-electron chi connectivity index (χ3n) is 3.12. The summed E-state index contributed by atoms with van der Waals surface area (Å²) in [5.41, 5.74) is -0.902. The van der Waals surface area contributed by atoms with E-state index in [4.69, 9.17) is 0 Å². The number of hydrogen-bond acceptors (Lipinski definition) is 3. The Morgan fingerprint density at radius 2 is 2.12 bits per heavy atom. The Balaban J connectivity index is 2.11. The lowest BCUT2D eigenvalue weighted by molar-refractivity contribution is -0.141. The van der Waals surface area contributed by atoms with Crippen molar-refractivity contribution in [1.82, 2.24) is 9.97 Å². The van der Waals surface area contributed by atoms with E-state index in [2.05, 4.69) is 22.2 Å². The van der Waals surface area contributed by atoms with E-state index < -0.39 is 11.9 Å². The topological polar surface area (TPSA) is 37.8 Å². The number of alkyl halides is 3. The van der Waals surface area contributed by atoms with E-state index in [-0.39, 0.29) is 12.0 Å². The molecule has 3 nitrogen and oxygen atoms in total. The van der Waals surface area contributed by atoms with Crippen molar-refractivity contribution in [2.45, 2.75) is 38.4 Å². The Hall–Kier alpha value is -1.33. The number of nitrogens with one attached hydrogen (secondary N) is 1. The van der Waals surface area contributed by atoms with Crippen LogP contribution in [-0.2, 0) is 6.18 Å². The van der Waals surface area contributed by atoms with Crippen LogP contribution in [0, 0.1) is 5.92 Å². The summed E-state index contributed by atoms with van der Waals surface area (Å²) in [5.74, 6) is 0.520. The summed E-state index contributed by atoms with van der Waals surface area (Å²) in [4.78, 5) is 7.32. The Labute approximate surface area is 97.5 Å². The molecule has 94 valence electrons. The molecule has 0 bridgehead atoms. The average Bonchev–Trinajstić information content (AvgIpc) is 2.64. The van der Waals surface area contributed by atoms with Gasteiger partial charge in [-0.15, -0.1) is 0 Å². The van der Waals surface area contributed by atoms with Crippen molar-refractivity contribution < 1.29 is 13.2 Å². The molecule has 1 fully saturated rings. The summed E-state index contributed by atoms with van der Waals surface area (Å²) in [6, 6.07) is 1.06. The van der Waals surface area contributed by atoms with Crippen LogP contribution in [0.5, 0.6) is 0 Å². The molecule has 0 aromatic carbocycles. The molecule has 0 saturated heterocycles. The molecule has 2 atom stereocenters. The first-order chi connectivity index (χ1) is 7.97. The molecule has 1 heterocycles. The van der Waals surface area contributed by atoms with Crippen LogP contribution in [0.1, 0.15) is 31.9 Å². The highest BCUT2D eigenvalue weighted by atomic mass is 19.4. The minimum atomic E-state index is -4.42. The van der Waals surface area contributed by atoms with Crippen LogP contribution >= 0.6 is 0 Å². The maximum Gasteiger partial charge on any atom is 0.433 e. The van der Waals surface area contributed by atoms with Gasteiger partial charge in [0.05, 0.1) is 0 Å². The van der Waals surface area contributed by atoms with Crippen LogP contribution in [0.2, 0.25) is 0 Å². The fourth-order valence-corrected chi connectivity index (χ4v) is 2.11. The normalized spacial score (nSPS) is 24.9. The van der Waals surface area contributed by atoms with E-state index in [1.165, 1.54) is 0 Å². The first kappa shape index (κ1) is 12.1. The van der Waals surface area contributed by atoms with Crippen LogP contribution < -0.4 is 5.32 Å². The fraction of sp³-hybridized carbons (Fsp3) is 0.636. The highest BCUT2D eigenvalue weighted by molar-refractivity contribution is 5.28. The van der Waals surface area contributed by atoms with Crippen molar-refractivity contribution in [2.75, 3.05) is 5.32 Å². The van der Waals surface area contributed by atoms with E-state index in [9.17, 15) is 13.2 Å². The van der Waals surface area contributed by atoms with Gasteiger partial charge in [0.1, 0.15) is 5.69 Å². The standard InChI is InChI=1S/C11H14F3N3/c1-7-3-2-4-8(7)16-10-15-6-5-9(17-10)11(12,13)14/h5-8H,2-4H2,1H3,(H,15,16,17)/t7-,8-/m0/s1. The minimum Gasteiger partial charge on any atom is -0.351 e. The lowest BCUT2D eigenvalue weighted by Crippen LogP contribution is -2.24. The second kappa shape index (κ2) is 4.50. The van der Waals surface area contributed by atoms with E-state index in [1.807, 2.05) is 0 Å². The quantitative estimate of drug-likeness (QED) is 0.870. The molecule has 0 amide bonds. The number of aromatic nitrogens is 2. The summed E-state index contributed by atoms with van der Waals surface area (Å²) in [6.07, 6.45) is -0.131. The largest absolute Gasteiger partial charge is 0.433 e. The zero-order valence-corrected chi connectivity index (χ0v) is 9.46. The maximum absolute atomic E-state index is 12.4. The Kier molecular flexibility index (Phi) is 3.22. The average molecular weight is 245 g/mol. The highest BCUT2D eigenvalue weighted by Crippen LogP contribution is 2.29. The second-order valence-corrected chi connectivity index (χ2v) is 4.42. The highest BCUT2D eigenvalue weighted by Gasteiger charge is 2.33. The van der Waals surface area contributed by atoms with Gasteiger partial charge in [-0.1, -0.05) is 13.3 Å². The number of hydrogen-bond donors (Lipinski definition) is 1. The molecule has 0 spiro atoms. The van der Waals surface area contributed by atoms with Crippen molar-refractivity contribution in [1.29, 1.82) is 0 Å². The molecule has 1 aliphatic rings. The first-order valence-electron chi connectivity index (χ1n) is 5.63. The van der Waals surface area contributed by atoms with Crippen LogP contribution in [0.4, 0.5) is 19.1 Å². The summed E-state index contributed by atoms with van der Waals surface area (Å²) < 4.78 is 37.3. The minimum absolute atomic E-state index is 0.0681. The van der Waals surface area contributed by atoms with E-state index in [1.54, 1.807) is 0 Å². The smallest absolute Gasteiger partial charge is 0.351 e. The number of nitrogens with zero attached hydrogens (tertiary/aromatic N) is 2. The predicted molar refractivity (Wildman–Crippen MR) is 57.5 cm³/mol. The summed E-state index contributed by atoms with van der Waals surface area (Å²) in [5, 5.41) is 2.98. The van der Waals surface area contributed by atoms with E-state index in [0.717, 1.165) is 31.5 Å². The zero-order chi connectivity index (χ0) is 12.5. The van der Waals surface area contributed by atoms with Gasteiger partial charge in [-0.25, -0.2) is 9.97 Å². The maximum atomic E-state index is 12.4. The zero-order valence-electron chi connectivity index (χ0n) is 9.46. The van der Waals surface area contributed by atoms with E-state index in [0.29, 0.717) is 5.92 Å². The molecule has 1 aromatic rings. The molecule has 17 heavy (non-hydrogen) atoms. The van der Waals surface area contributed by atoms with Crippen molar-refractivity contribution in [3.8, 4) is 0 Å². The van der Waals surface area contributed by atoms with Gasteiger partial charge >= 0.3 is 6.18 Å². The summed E-state index contributed by atoms with van der Waals surface area (Å²) in [6.45, 7) is 2.08. The predicted octanol–water partition coefficient (Wildman–Crippen LogP) is 3.10. The van der Waals surface area contributed by atoms with Crippen molar-refractivity contribution in [2.24, 2.45) is 5.92 Å². The number of halogens is 3. The van der Waals surface area contributed by atoms with Crippen molar-refractivity contribution >= 4 is 5.95 Å². The molecule has 1 aliphatic carbocycles. The first-order valence-corrected chi connectivity index (χ1v) is 5.63. The van der Waals surface area contributed by atoms with E-state index >= 15 is 0 Å². The van der Waals surface area contributed by atoms with Gasteiger partial charge in [0, 0.05) is 12.2 Å². The van der Waals surface area contributed by atoms with Crippen molar-refractivity contribution in [3.63, 3.8) is 0 Å². The Morgan fingerprint density at radius 3 is 2.71 bits per heavy atom. The van der Waals surface area contributed by atoms with Crippen LogP contribution in [0.3, 0.4) is 0 Å².